The van der Waals surface area contributed by atoms with Gasteiger partial charge in [-0.15, -0.1) is 11.6 Å². The lowest BCUT2D eigenvalue weighted by molar-refractivity contribution is -0.136. The second-order valence-corrected chi connectivity index (χ2v) is 9.66. The first kappa shape index (κ1) is 24.5. The Hall–Kier alpha value is -1.15. The lowest BCUT2D eigenvalue weighted by Crippen LogP contribution is -2.55. The molecular weight excluding hydrogens is 418 g/mol. The minimum absolute atomic E-state index is 0.0175. The maximum atomic E-state index is 12.8. The third-order valence-corrected chi connectivity index (χ3v) is 7.99. The number of carbonyl (C=O) groups is 2. The molecule has 0 radical (unpaired) electrons. The van der Waals surface area contributed by atoms with Crippen LogP contribution >= 0.6 is 11.6 Å². The Morgan fingerprint density at radius 3 is 2.26 bits per heavy atom. The Bertz CT molecular complexity index is 618. The van der Waals surface area contributed by atoms with Crippen molar-refractivity contribution in [1.82, 2.24) is 15.1 Å². The number of methoxy groups -OCH3 is 2. The van der Waals surface area contributed by atoms with E-state index in [4.69, 9.17) is 21.1 Å². The van der Waals surface area contributed by atoms with Gasteiger partial charge in [-0.25, -0.2) is 0 Å². The van der Waals surface area contributed by atoms with Crippen LogP contribution in [-0.2, 0) is 19.1 Å². The molecule has 0 spiro atoms. The first-order valence-electron chi connectivity index (χ1n) is 11.6. The number of ether oxygens (including phenoxy) is 2. The molecule has 8 heteroatoms. The number of hydrogen-bond donors (Lipinski definition) is 1. The van der Waals surface area contributed by atoms with Crippen LogP contribution in [0.1, 0.15) is 38.5 Å². The van der Waals surface area contributed by atoms with Gasteiger partial charge in [-0.2, -0.15) is 0 Å². The first-order valence-corrected chi connectivity index (χ1v) is 12.0. The van der Waals surface area contributed by atoms with Crippen LogP contribution in [0.5, 0.6) is 0 Å². The first-order chi connectivity index (χ1) is 15.0. The Labute approximate surface area is 191 Å². The molecule has 2 aliphatic carbocycles. The highest BCUT2D eigenvalue weighted by Crippen LogP contribution is 2.41. The molecule has 1 N–H and O–H groups in total. The minimum atomic E-state index is -0.0726. The third kappa shape index (κ3) is 6.21. The zero-order valence-electron chi connectivity index (χ0n) is 18.9. The van der Waals surface area contributed by atoms with E-state index < -0.39 is 0 Å². The van der Waals surface area contributed by atoms with Crippen LogP contribution in [-0.4, -0.2) is 92.2 Å². The maximum Gasteiger partial charge on any atom is 0.246 e. The van der Waals surface area contributed by atoms with Gasteiger partial charge in [0.15, 0.2) is 0 Å². The normalized spacial score (nSPS) is 34.4. The standard InChI is InChI=1S/C23H38ClN3O4/c1-4-22(28)26-9-11-27(12-10-26)23(29)15-25-20-13-18(19(24)14-21(20)31-3)16-5-7-17(30-2)8-6-16/h4,16-21,25H,1,5-15H2,2-3H3. The van der Waals surface area contributed by atoms with Crippen molar-refractivity contribution >= 4 is 23.4 Å². The molecule has 0 bridgehead atoms. The van der Waals surface area contributed by atoms with Gasteiger partial charge in [0.1, 0.15) is 0 Å². The summed E-state index contributed by atoms with van der Waals surface area (Å²) in [5.74, 6) is 1.05. The molecule has 2 amide bonds. The van der Waals surface area contributed by atoms with Gasteiger partial charge >= 0.3 is 0 Å². The molecule has 1 heterocycles. The topological polar surface area (TPSA) is 71.1 Å². The number of amides is 2. The fourth-order valence-electron chi connectivity index (χ4n) is 5.50. The van der Waals surface area contributed by atoms with Gasteiger partial charge < -0.3 is 24.6 Å². The lowest BCUT2D eigenvalue weighted by Gasteiger charge is -2.44. The molecule has 3 rings (SSSR count). The van der Waals surface area contributed by atoms with Crippen LogP contribution in [0.2, 0.25) is 0 Å². The van der Waals surface area contributed by atoms with Crippen LogP contribution in [0.3, 0.4) is 0 Å². The van der Waals surface area contributed by atoms with Crippen molar-refractivity contribution in [2.45, 2.75) is 62.2 Å². The van der Waals surface area contributed by atoms with Crippen LogP contribution in [0.4, 0.5) is 0 Å². The Morgan fingerprint density at radius 2 is 1.68 bits per heavy atom. The van der Waals surface area contributed by atoms with Gasteiger partial charge in [-0.3, -0.25) is 9.59 Å². The molecule has 0 aromatic carbocycles. The number of hydrogen-bond acceptors (Lipinski definition) is 5. The zero-order chi connectivity index (χ0) is 22.4. The van der Waals surface area contributed by atoms with E-state index in [0.717, 1.165) is 38.5 Å². The van der Waals surface area contributed by atoms with Gasteiger partial charge in [0.05, 0.1) is 18.8 Å². The smallest absolute Gasteiger partial charge is 0.246 e. The molecule has 4 unspecified atom stereocenters. The fraction of sp³-hybridized carbons (Fsp3) is 0.826. The summed E-state index contributed by atoms with van der Waals surface area (Å²) >= 11 is 6.81. The Balaban J connectivity index is 1.50. The van der Waals surface area contributed by atoms with E-state index in [1.807, 2.05) is 4.90 Å². The average Bonchev–Trinajstić information content (AvgIpc) is 2.82. The van der Waals surface area contributed by atoms with E-state index >= 15 is 0 Å². The predicted molar refractivity (Wildman–Crippen MR) is 121 cm³/mol. The third-order valence-electron chi connectivity index (χ3n) is 7.49. The number of nitrogens with zero attached hydrogens (tertiary/aromatic N) is 2. The minimum Gasteiger partial charge on any atom is -0.381 e. The fourth-order valence-corrected chi connectivity index (χ4v) is 5.99. The number of alkyl halides is 1. The van der Waals surface area contributed by atoms with Crippen molar-refractivity contribution < 1.29 is 19.1 Å². The molecule has 31 heavy (non-hydrogen) atoms. The van der Waals surface area contributed by atoms with Gasteiger partial charge in [0.2, 0.25) is 11.8 Å². The quantitative estimate of drug-likeness (QED) is 0.470. The van der Waals surface area contributed by atoms with Crippen molar-refractivity contribution in [2.75, 3.05) is 46.9 Å². The number of nitrogens with one attached hydrogen (secondary N) is 1. The van der Waals surface area contributed by atoms with Crippen molar-refractivity contribution in [3.63, 3.8) is 0 Å². The van der Waals surface area contributed by atoms with Crippen molar-refractivity contribution in [3.8, 4) is 0 Å². The van der Waals surface area contributed by atoms with Crippen LogP contribution in [0.15, 0.2) is 12.7 Å². The summed E-state index contributed by atoms with van der Waals surface area (Å²) in [6, 6.07) is 0.123. The van der Waals surface area contributed by atoms with Crippen LogP contribution in [0.25, 0.3) is 0 Å². The van der Waals surface area contributed by atoms with Crippen LogP contribution < -0.4 is 5.32 Å². The van der Waals surface area contributed by atoms with Gasteiger partial charge in [0, 0.05) is 51.8 Å². The van der Waals surface area contributed by atoms with E-state index in [0.29, 0.717) is 44.1 Å². The number of piperazine rings is 1. The largest absolute Gasteiger partial charge is 0.381 e. The van der Waals surface area contributed by atoms with Crippen molar-refractivity contribution in [2.24, 2.45) is 11.8 Å². The van der Waals surface area contributed by atoms with Gasteiger partial charge in [-0.05, 0) is 56.4 Å². The molecule has 7 nitrogen and oxygen atoms in total. The summed E-state index contributed by atoms with van der Waals surface area (Å²) < 4.78 is 11.3. The Morgan fingerprint density at radius 1 is 1.03 bits per heavy atom. The molecule has 2 saturated carbocycles. The molecule has 3 fully saturated rings. The molecular formula is C23H38ClN3O4. The summed E-state index contributed by atoms with van der Waals surface area (Å²) in [7, 11) is 3.53. The highest BCUT2D eigenvalue weighted by atomic mass is 35.5. The van der Waals surface area contributed by atoms with E-state index in [1.165, 1.54) is 6.08 Å². The molecule has 4 atom stereocenters. The Kier molecular flexibility index (Phi) is 9.19. The summed E-state index contributed by atoms with van der Waals surface area (Å²) in [6.45, 7) is 6.06. The van der Waals surface area contributed by atoms with Gasteiger partial charge in [0.25, 0.3) is 0 Å². The number of rotatable bonds is 7. The van der Waals surface area contributed by atoms with E-state index in [-0.39, 0.29) is 35.9 Å². The van der Waals surface area contributed by atoms with E-state index in [9.17, 15) is 9.59 Å². The zero-order valence-corrected chi connectivity index (χ0v) is 19.7. The van der Waals surface area contributed by atoms with Crippen LogP contribution in [0, 0.1) is 11.8 Å². The maximum absolute atomic E-state index is 12.8. The highest BCUT2D eigenvalue weighted by Gasteiger charge is 2.41. The second kappa shape index (κ2) is 11.6. The SMILES string of the molecule is C=CC(=O)N1CCN(C(=O)CNC2CC(C3CCC(OC)CC3)C(Cl)CC2OC)CC1. The van der Waals surface area contributed by atoms with Gasteiger partial charge in [-0.1, -0.05) is 6.58 Å². The number of carbonyl (C=O) groups excluding carboxylic acids is 2. The lowest BCUT2D eigenvalue weighted by atomic mass is 9.70. The molecule has 0 aromatic heterocycles. The summed E-state index contributed by atoms with van der Waals surface area (Å²) in [4.78, 5) is 28.0. The second-order valence-electron chi connectivity index (χ2n) is 9.10. The summed E-state index contributed by atoms with van der Waals surface area (Å²) in [5.41, 5.74) is 0. The molecule has 1 aliphatic heterocycles. The molecule has 0 aromatic rings. The summed E-state index contributed by atoms with van der Waals surface area (Å²) in [6.07, 6.45) is 7.99. The molecule has 1 saturated heterocycles. The molecule has 176 valence electrons. The average molecular weight is 456 g/mol. The van der Waals surface area contributed by atoms with E-state index in [2.05, 4.69) is 11.9 Å². The van der Waals surface area contributed by atoms with Crippen molar-refractivity contribution in [1.29, 1.82) is 0 Å². The van der Waals surface area contributed by atoms with Crippen molar-refractivity contribution in [3.05, 3.63) is 12.7 Å². The van der Waals surface area contributed by atoms with E-state index in [1.54, 1.807) is 19.1 Å². The highest BCUT2D eigenvalue weighted by molar-refractivity contribution is 6.20. The molecule has 3 aliphatic rings. The number of halogens is 1. The summed E-state index contributed by atoms with van der Waals surface area (Å²) in [5, 5.41) is 3.59. The predicted octanol–water partition coefficient (Wildman–Crippen LogP) is 2.04. The monoisotopic (exact) mass is 455 g/mol.